The van der Waals surface area contributed by atoms with Gasteiger partial charge < -0.3 is 4.74 Å². The first-order valence-electron chi connectivity index (χ1n) is 8.86. The molecule has 0 aliphatic rings. The Balaban J connectivity index is 2.19. The first-order valence-corrected chi connectivity index (χ1v) is 9.77. The minimum atomic E-state index is 0.406. The lowest BCUT2D eigenvalue weighted by Gasteiger charge is -2.17. The van der Waals surface area contributed by atoms with Crippen LogP contribution in [0.15, 0.2) is 78.9 Å². The van der Waals surface area contributed by atoms with Gasteiger partial charge in [-0.25, -0.2) is 0 Å². The molecule has 0 saturated carbocycles. The van der Waals surface area contributed by atoms with Gasteiger partial charge in [-0.3, -0.25) is 0 Å². The summed E-state index contributed by atoms with van der Waals surface area (Å²) < 4.78 is 5.49. The quantitative estimate of drug-likeness (QED) is 0.305. The Hall–Kier alpha value is -2.22. The fraction of sp³-hybridized carbons (Fsp3) is 0.125. The highest BCUT2D eigenvalue weighted by molar-refractivity contribution is 6.30. The van der Waals surface area contributed by atoms with E-state index in [1.807, 2.05) is 42.5 Å². The molecule has 3 aromatic carbocycles. The Labute approximate surface area is 171 Å². The molecular weight excluding hydrogens is 375 g/mol. The molecule has 3 aromatic rings. The summed E-state index contributed by atoms with van der Waals surface area (Å²) in [5.41, 5.74) is 5.75. The van der Waals surface area contributed by atoms with Crippen molar-refractivity contribution in [3.8, 4) is 5.75 Å². The smallest absolute Gasteiger partial charge is 0.119 e. The van der Waals surface area contributed by atoms with Gasteiger partial charge in [-0.1, -0.05) is 66.2 Å². The van der Waals surface area contributed by atoms with E-state index < -0.39 is 0 Å². The molecule has 0 N–H and O–H groups in total. The molecule has 0 saturated heterocycles. The van der Waals surface area contributed by atoms with Crippen molar-refractivity contribution in [1.82, 2.24) is 0 Å². The van der Waals surface area contributed by atoms with Crippen LogP contribution in [-0.4, -0.2) is 12.5 Å². The Kier molecular flexibility index (Phi) is 6.98. The summed E-state index contributed by atoms with van der Waals surface area (Å²) in [6, 6.07) is 26.4. The third-order valence-corrected chi connectivity index (χ3v) is 4.75. The van der Waals surface area contributed by atoms with E-state index in [1.54, 1.807) is 0 Å². The van der Waals surface area contributed by atoms with Crippen LogP contribution in [0, 0.1) is 6.92 Å². The van der Waals surface area contributed by atoms with Crippen LogP contribution in [0.4, 0.5) is 0 Å². The Morgan fingerprint density at radius 1 is 0.778 bits per heavy atom. The number of hydrogen-bond donors (Lipinski definition) is 0. The summed E-state index contributed by atoms with van der Waals surface area (Å²) in [6.07, 6.45) is 0.755. The maximum absolute atomic E-state index is 6.18. The lowest BCUT2D eigenvalue weighted by molar-refractivity contribution is 0.361. The predicted molar refractivity (Wildman–Crippen MR) is 116 cm³/mol. The SMILES string of the molecule is [CH2]COc1ccc(/C(=C(\CCCl)c2ccc(Cl)cc2)c2ccccc2)cc1. The average Bonchev–Trinajstić information content (AvgIpc) is 2.71. The minimum Gasteiger partial charge on any atom is -0.494 e. The molecule has 0 atom stereocenters. The number of halogens is 2. The summed E-state index contributed by atoms with van der Waals surface area (Å²) in [7, 11) is 0. The first-order chi connectivity index (χ1) is 13.2. The fourth-order valence-corrected chi connectivity index (χ4v) is 3.43. The number of rotatable bonds is 7. The summed E-state index contributed by atoms with van der Waals surface area (Å²) >= 11 is 12.3. The number of benzene rings is 3. The summed E-state index contributed by atoms with van der Waals surface area (Å²) in [5, 5.41) is 0.722. The molecule has 3 rings (SSSR count). The van der Waals surface area contributed by atoms with E-state index in [0.717, 1.165) is 33.9 Å². The van der Waals surface area contributed by atoms with Gasteiger partial charge in [0.1, 0.15) is 5.75 Å². The largest absolute Gasteiger partial charge is 0.494 e. The third kappa shape index (κ3) is 4.94. The van der Waals surface area contributed by atoms with Crippen molar-refractivity contribution < 1.29 is 4.74 Å². The van der Waals surface area contributed by atoms with Crippen LogP contribution in [0.5, 0.6) is 5.75 Å². The molecule has 137 valence electrons. The van der Waals surface area contributed by atoms with Crippen LogP contribution >= 0.6 is 23.2 Å². The maximum Gasteiger partial charge on any atom is 0.119 e. The predicted octanol–water partition coefficient (Wildman–Crippen LogP) is 7.14. The lowest BCUT2D eigenvalue weighted by atomic mass is 9.88. The van der Waals surface area contributed by atoms with Crippen LogP contribution in [-0.2, 0) is 0 Å². The van der Waals surface area contributed by atoms with Crippen molar-refractivity contribution in [2.75, 3.05) is 12.5 Å². The molecule has 0 aliphatic heterocycles. The Morgan fingerprint density at radius 3 is 1.96 bits per heavy atom. The summed E-state index contributed by atoms with van der Waals surface area (Å²) in [4.78, 5) is 0. The van der Waals surface area contributed by atoms with Crippen molar-refractivity contribution >= 4 is 34.3 Å². The van der Waals surface area contributed by atoms with Crippen molar-refractivity contribution in [3.05, 3.63) is 107 Å². The number of hydrogen-bond acceptors (Lipinski definition) is 1. The average molecular weight is 396 g/mol. The van der Waals surface area contributed by atoms with Gasteiger partial charge in [-0.15, -0.1) is 11.6 Å². The van der Waals surface area contributed by atoms with Gasteiger partial charge in [0.15, 0.2) is 0 Å². The highest BCUT2D eigenvalue weighted by Gasteiger charge is 2.14. The Bertz CT molecular complexity index is 882. The highest BCUT2D eigenvalue weighted by atomic mass is 35.5. The van der Waals surface area contributed by atoms with Crippen LogP contribution < -0.4 is 4.74 Å². The zero-order valence-electron chi connectivity index (χ0n) is 15.0. The standard InChI is InChI=1S/C24H21Cl2O/c1-2-27-22-14-10-20(11-15-22)24(19-6-4-3-5-7-19)23(16-17-25)18-8-12-21(26)13-9-18/h3-15H,1-2,16-17H2/b24-23+. The second kappa shape index (κ2) is 9.64. The normalized spacial score (nSPS) is 11.8. The number of alkyl halides is 1. The van der Waals surface area contributed by atoms with Gasteiger partial charge >= 0.3 is 0 Å². The van der Waals surface area contributed by atoms with Crippen molar-refractivity contribution in [1.29, 1.82) is 0 Å². The summed E-state index contributed by atoms with van der Waals surface area (Å²) in [6.45, 7) is 4.13. The molecule has 0 aromatic heterocycles. The molecule has 0 bridgehead atoms. The van der Waals surface area contributed by atoms with E-state index in [-0.39, 0.29) is 0 Å². The fourth-order valence-electron chi connectivity index (χ4n) is 3.11. The molecular formula is C24H21Cl2O. The summed E-state index contributed by atoms with van der Waals surface area (Å²) in [5.74, 6) is 1.35. The van der Waals surface area contributed by atoms with Crippen molar-refractivity contribution in [2.24, 2.45) is 0 Å². The number of ether oxygens (including phenoxy) is 1. The van der Waals surface area contributed by atoms with Gasteiger partial charge in [0.05, 0.1) is 6.61 Å². The van der Waals surface area contributed by atoms with E-state index in [9.17, 15) is 0 Å². The highest BCUT2D eigenvalue weighted by Crippen LogP contribution is 2.35. The van der Waals surface area contributed by atoms with Crippen LogP contribution in [0.25, 0.3) is 11.1 Å². The van der Waals surface area contributed by atoms with Gasteiger partial charge in [-0.05, 0) is 65.4 Å². The van der Waals surface area contributed by atoms with E-state index in [0.29, 0.717) is 12.5 Å². The van der Waals surface area contributed by atoms with Crippen molar-refractivity contribution in [2.45, 2.75) is 6.42 Å². The van der Waals surface area contributed by atoms with E-state index in [4.69, 9.17) is 27.9 Å². The van der Waals surface area contributed by atoms with Gasteiger partial charge in [-0.2, -0.15) is 0 Å². The second-order valence-electron chi connectivity index (χ2n) is 6.04. The van der Waals surface area contributed by atoms with E-state index in [2.05, 4.69) is 43.3 Å². The lowest BCUT2D eigenvalue weighted by Crippen LogP contribution is -1.97. The monoisotopic (exact) mass is 395 g/mol. The molecule has 0 spiro atoms. The second-order valence-corrected chi connectivity index (χ2v) is 6.85. The zero-order valence-corrected chi connectivity index (χ0v) is 16.5. The Morgan fingerprint density at radius 2 is 1.37 bits per heavy atom. The third-order valence-electron chi connectivity index (χ3n) is 4.31. The minimum absolute atomic E-state index is 0.406. The molecule has 0 aliphatic carbocycles. The molecule has 0 heterocycles. The topological polar surface area (TPSA) is 9.23 Å². The van der Waals surface area contributed by atoms with Crippen LogP contribution in [0.1, 0.15) is 23.1 Å². The molecule has 0 amide bonds. The van der Waals surface area contributed by atoms with Crippen molar-refractivity contribution in [3.63, 3.8) is 0 Å². The van der Waals surface area contributed by atoms with Crippen LogP contribution in [0.3, 0.4) is 0 Å². The zero-order chi connectivity index (χ0) is 19.1. The molecule has 0 fully saturated rings. The van der Waals surface area contributed by atoms with E-state index >= 15 is 0 Å². The molecule has 1 radical (unpaired) electrons. The number of allylic oxidation sites excluding steroid dienone is 1. The van der Waals surface area contributed by atoms with Gasteiger partial charge in [0.25, 0.3) is 0 Å². The molecule has 0 unspecified atom stereocenters. The van der Waals surface area contributed by atoms with Gasteiger partial charge in [0.2, 0.25) is 0 Å². The molecule has 27 heavy (non-hydrogen) atoms. The maximum atomic E-state index is 6.18. The molecule has 1 nitrogen and oxygen atoms in total. The van der Waals surface area contributed by atoms with E-state index in [1.165, 1.54) is 11.1 Å². The van der Waals surface area contributed by atoms with Crippen LogP contribution in [0.2, 0.25) is 5.02 Å². The molecule has 3 heteroatoms. The van der Waals surface area contributed by atoms with Gasteiger partial charge in [0, 0.05) is 10.9 Å². The first kappa shape index (κ1) is 19.5.